The van der Waals surface area contributed by atoms with Gasteiger partial charge in [-0.05, 0) is 41.1 Å². The molecule has 19 heavy (non-hydrogen) atoms. The van der Waals surface area contributed by atoms with E-state index in [0.29, 0.717) is 11.1 Å². The SMILES string of the molecule is CCOc1n[nH]c(NC(=O)c2ccc(F)cc2Br)n1. The molecular weight excluding hydrogens is 319 g/mol. The number of benzene rings is 1. The number of ether oxygens (including phenoxy) is 1. The van der Waals surface area contributed by atoms with Crippen molar-refractivity contribution in [2.75, 3.05) is 11.9 Å². The van der Waals surface area contributed by atoms with Gasteiger partial charge in [0.25, 0.3) is 5.91 Å². The third-order valence-electron chi connectivity index (χ3n) is 2.15. The van der Waals surface area contributed by atoms with Crippen molar-refractivity contribution in [2.45, 2.75) is 6.92 Å². The first kappa shape index (κ1) is 13.5. The Bertz CT molecular complexity index is 602. The minimum absolute atomic E-state index is 0.149. The van der Waals surface area contributed by atoms with Crippen molar-refractivity contribution in [1.82, 2.24) is 15.2 Å². The fourth-order valence-corrected chi connectivity index (χ4v) is 1.88. The number of nitrogens with one attached hydrogen (secondary N) is 2. The Hall–Kier alpha value is -1.96. The lowest BCUT2D eigenvalue weighted by Gasteiger charge is -2.03. The van der Waals surface area contributed by atoms with Crippen LogP contribution in [0.25, 0.3) is 0 Å². The van der Waals surface area contributed by atoms with Crippen molar-refractivity contribution in [1.29, 1.82) is 0 Å². The van der Waals surface area contributed by atoms with Crippen molar-refractivity contribution in [2.24, 2.45) is 0 Å². The van der Waals surface area contributed by atoms with E-state index in [-0.39, 0.29) is 17.5 Å². The minimum atomic E-state index is -0.439. The molecule has 0 bridgehead atoms. The number of halogens is 2. The van der Waals surface area contributed by atoms with Gasteiger partial charge in [0.15, 0.2) is 0 Å². The van der Waals surface area contributed by atoms with Gasteiger partial charge in [-0.1, -0.05) is 0 Å². The molecule has 0 aliphatic rings. The maximum atomic E-state index is 12.9. The average molecular weight is 329 g/mol. The molecule has 0 aliphatic carbocycles. The van der Waals surface area contributed by atoms with Gasteiger partial charge in [-0.3, -0.25) is 10.1 Å². The van der Waals surface area contributed by atoms with Crippen molar-refractivity contribution in [3.8, 4) is 6.01 Å². The van der Waals surface area contributed by atoms with Gasteiger partial charge in [-0.15, -0.1) is 5.10 Å². The van der Waals surface area contributed by atoms with Crippen LogP contribution in [0.15, 0.2) is 22.7 Å². The van der Waals surface area contributed by atoms with Crippen LogP contribution in [0, 0.1) is 5.82 Å². The van der Waals surface area contributed by atoms with Crippen molar-refractivity contribution in [3.63, 3.8) is 0 Å². The lowest BCUT2D eigenvalue weighted by atomic mass is 10.2. The van der Waals surface area contributed by atoms with E-state index >= 15 is 0 Å². The van der Waals surface area contributed by atoms with E-state index in [0.717, 1.165) is 0 Å². The standard InChI is InChI=1S/C11H10BrFN4O2/c1-2-19-11-15-10(16-17-11)14-9(18)7-4-3-6(13)5-8(7)12/h3-5H,2H2,1H3,(H2,14,15,16,17,18). The molecule has 2 aromatic rings. The quantitative estimate of drug-likeness (QED) is 0.902. The predicted molar refractivity (Wildman–Crippen MR) is 69.6 cm³/mol. The van der Waals surface area contributed by atoms with Crippen molar-refractivity contribution >= 4 is 27.8 Å². The lowest BCUT2D eigenvalue weighted by molar-refractivity contribution is 0.102. The first-order chi connectivity index (χ1) is 9.10. The molecule has 0 saturated carbocycles. The summed E-state index contributed by atoms with van der Waals surface area (Å²) in [6.07, 6.45) is 0. The number of amides is 1. The van der Waals surface area contributed by atoms with Gasteiger partial charge in [0.05, 0.1) is 12.2 Å². The first-order valence-electron chi connectivity index (χ1n) is 5.41. The van der Waals surface area contributed by atoms with E-state index in [4.69, 9.17) is 4.74 Å². The maximum Gasteiger partial charge on any atom is 0.337 e. The number of carbonyl (C=O) groups is 1. The summed E-state index contributed by atoms with van der Waals surface area (Å²) >= 11 is 3.12. The number of H-pyrrole nitrogens is 1. The van der Waals surface area contributed by atoms with E-state index in [2.05, 4.69) is 36.4 Å². The summed E-state index contributed by atoms with van der Waals surface area (Å²) < 4.78 is 18.3. The van der Waals surface area contributed by atoms with Crippen molar-refractivity contribution < 1.29 is 13.9 Å². The summed E-state index contributed by atoms with van der Waals surface area (Å²) in [4.78, 5) is 15.8. The van der Waals surface area contributed by atoms with Gasteiger partial charge in [0, 0.05) is 4.47 Å². The molecule has 1 aromatic heterocycles. The van der Waals surface area contributed by atoms with E-state index in [1.165, 1.54) is 18.2 Å². The summed E-state index contributed by atoms with van der Waals surface area (Å²) in [5.74, 6) is -0.711. The first-order valence-corrected chi connectivity index (χ1v) is 6.21. The Morgan fingerprint density at radius 3 is 3.05 bits per heavy atom. The number of hydrogen-bond donors (Lipinski definition) is 2. The molecule has 2 N–H and O–H groups in total. The average Bonchev–Trinajstić information content (AvgIpc) is 2.76. The van der Waals surface area contributed by atoms with Crippen LogP contribution < -0.4 is 10.1 Å². The zero-order valence-electron chi connectivity index (χ0n) is 9.91. The Kier molecular flexibility index (Phi) is 4.10. The monoisotopic (exact) mass is 328 g/mol. The minimum Gasteiger partial charge on any atom is -0.463 e. The third kappa shape index (κ3) is 3.28. The molecule has 8 heteroatoms. The van der Waals surface area contributed by atoms with E-state index in [1.54, 1.807) is 6.92 Å². The second-order valence-electron chi connectivity index (χ2n) is 3.48. The highest BCUT2D eigenvalue weighted by Crippen LogP contribution is 2.19. The highest BCUT2D eigenvalue weighted by Gasteiger charge is 2.13. The number of nitrogens with zero attached hydrogens (tertiary/aromatic N) is 2. The molecular formula is C11H10BrFN4O2. The highest BCUT2D eigenvalue weighted by atomic mass is 79.9. The molecule has 0 unspecified atom stereocenters. The number of anilines is 1. The number of rotatable bonds is 4. The van der Waals surface area contributed by atoms with Crippen LogP contribution in [0.1, 0.15) is 17.3 Å². The number of hydrogen-bond acceptors (Lipinski definition) is 4. The molecule has 2 rings (SSSR count). The molecule has 1 amide bonds. The highest BCUT2D eigenvalue weighted by molar-refractivity contribution is 9.10. The summed E-state index contributed by atoms with van der Waals surface area (Å²) in [5, 5.41) is 8.76. The molecule has 1 aromatic carbocycles. The van der Waals surface area contributed by atoms with Crippen LogP contribution in [0.3, 0.4) is 0 Å². The van der Waals surface area contributed by atoms with Crippen LogP contribution in [-0.4, -0.2) is 27.7 Å². The zero-order valence-corrected chi connectivity index (χ0v) is 11.5. The van der Waals surface area contributed by atoms with Crippen LogP contribution in [0.4, 0.5) is 10.3 Å². The fraction of sp³-hybridized carbons (Fsp3) is 0.182. The topological polar surface area (TPSA) is 79.9 Å². The molecule has 0 atom stereocenters. The molecule has 6 nitrogen and oxygen atoms in total. The molecule has 0 radical (unpaired) electrons. The predicted octanol–water partition coefficient (Wildman–Crippen LogP) is 2.36. The number of carbonyl (C=O) groups excluding carboxylic acids is 1. The second-order valence-corrected chi connectivity index (χ2v) is 4.33. The number of aromatic amines is 1. The number of aromatic nitrogens is 3. The molecule has 0 saturated heterocycles. The molecule has 0 fully saturated rings. The maximum absolute atomic E-state index is 12.9. The van der Waals surface area contributed by atoms with Gasteiger partial charge in [0.1, 0.15) is 5.82 Å². The zero-order chi connectivity index (χ0) is 13.8. The smallest absolute Gasteiger partial charge is 0.337 e. The molecule has 100 valence electrons. The van der Waals surface area contributed by atoms with E-state index < -0.39 is 11.7 Å². The van der Waals surface area contributed by atoms with Crippen LogP contribution in [0.5, 0.6) is 6.01 Å². The lowest BCUT2D eigenvalue weighted by Crippen LogP contribution is -2.13. The van der Waals surface area contributed by atoms with Gasteiger partial charge in [-0.2, -0.15) is 4.98 Å². The fourth-order valence-electron chi connectivity index (χ4n) is 1.34. The largest absolute Gasteiger partial charge is 0.463 e. The Morgan fingerprint density at radius 2 is 2.37 bits per heavy atom. The van der Waals surface area contributed by atoms with Gasteiger partial charge >= 0.3 is 6.01 Å². The van der Waals surface area contributed by atoms with Crippen molar-refractivity contribution in [3.05, 3.63) is 34.1 Å². The Labute approximate surface area is 116 Å². The summed E-state index contributed by atoms with van der Waals surface area (Å²) in [7, 11) is 0. The summed E-state index contributed by atoms with van der Waals surface area (Å²) in [6, 6.07) is 3.93. The molecule has 1 heterocycles. The summed E-state index contributed by atoms with van der Waals surface area (Å²) in [6.45, 7) is 2.22. The van der Waals surface area contributed by atoms with E-state index in [1.807, 2.05) is 0 Å². The van der Waals surface area contributed by atoms with Crippen LogP contribution in [-0.2, 0) is 0 Å². The Morgan fingerprint density at radius 1 is 1.58 bits per heavy atom. The van der Waals surface area contributed by atoms with E-state index in [9.17, 15) is 9.18 Å². The Balaban J connectivity index is 2.11. The van der Waals surface area contributed by atoms with Crippen LogP contribution >= 0.6 is 15.9 Å². The molecule has 0 spiro atoms. The summed E-state index contributed by atoms with van der Waals surface area (Å²) in [5.41, 5.74) is 0.288. The van der Waals surface area contributed by atoms with Gasteiger partial charge in [-0.25, -0.2) is 9.49 Å². The van der Waals surface area contributed by atoms with Gasteiger partial charge in [0.2, 0.25) is 5.95 Å². The second kappa shape index (κ2) is 5.79. The normalized spacial score (nSPS) is 10.3. The third-order valence-corrected chi connectivity index (χ3v) is 2.80. The molecule has 0 aliphatic heterocycles. The van der Waals surface area contributed by atoms with Crippen LogP contribution in [0.2, 0.25) is 0 Å². The van der Waals surface area contributed by atoms with Gasteiger partial charge < -0.3 is 4.74 Å².